The fourth-order valence-electron chi connectivity index (χ4n) is 1.94. The molecule has 2 aromatic carbocycles. The number of nitrogens with one attached hydrogen (secondary N) is 2. The van der Waals surface area contributed by atoms with Gasteiger partial charge in [0, 0.05) is 11.3 Å². The van der Waals surface area contributed by atoms with Crippen molar-refractivity contribution < 1.29 is 8.42 Å². The molecule has 0 radical (unpaired) electrons. The van der Waals surface area contributed by atoms with Crippen LogP contribution in [0.15, 0.2) is 53.4 Å². The van der Waals surface area contributed by atoms with E-state index in [1.54, 1.807) is 48.5 Å². The molecule has 1 heterocycles. The maximum atomic E-state index is 12.3. The second-order valence-electron chi connectivity index (χ2n) is 4.73. The van der Waals surface area contributed by atoms with Gasteiger partial charge in [0.05, 0.1) is 4.90 Å². The fourth-order valence-corrected chi connectivity index (χ4v) is 2.99. The topological polar surface area (TPSA) is 101 Å². The van der Waals surface area contributed by atoms with Crippen LogP contribution in [0.3, 0.4) is 0 Å². The van der Waals surface area contributed by atoms with Gasteiger partial charge in [-0.1, -0.05) is 29.8 Å². The Balaban J connectivity index is 1.89. The summed E-state index contributed by atoms with van der Waals surface area (Å²) in [6, 6.07) is 13.5. The van der Waals surface area contributed by atoms with Gasteiger partial charge < -0.3 is 0 Å². The molecule has 0 saturated heterocycles. The van der Waals surface area contributed by atoms with Crippen molar-refractivity contribution >= 4 is 15.7 Å². The number of anilines is 1. The average Bonchev–Trinajstić information content (AvgIpc) is 3.02. The zero-order valence-corrected chi connectivity index (χ0v) is 12.5. The summed E-state index contributed by atoms with van der Waals surface area (Å²) < 4.78 is 27.2. The molecule has 1 aromatic heterocycles. The van der Waals surface area contributed by atoms with E-state index >= 15 is 0 Å². The lowest BCUT2D eigenvalue weighted by molar-refractivity contribution is 0.601. The van der Waals surface area contributed by atoms with Gasteiger partial charge in [0.1, 0.15) is 0 Å². The quantitative estimate of drug-likeness (QED) is 0.766. The summed E-state index contributed by atoms with van der Waals surface area (Å²) in [5.74, 6) is 0.399. The molecule has 0 saturated carbocycles. The highest BCUT2D eigenvalue weighted by Gasteiger charge is 2.14. The molecule has 0 aliphatic rings. The number of nitrogens with zero attached hydrogens (tertiary/aromatic N) is 3. The van der Waals surface area contributed by atoms with Crippen molar-refractivity contribution in [3.05, 3.63) is 54.1 Å². The lowest BCUT2D eigenvalue weighted by atomic mass is 10.2. The van der Waals surface area contributed by atoms with Gasteiger partial charge in [-0.05, 0) is 36.4 Å². The number of hydrogen-bond acceptors (Lipinski definition) is 5. The first-order chi connectivity index (χ1) is 10.5. The highest BCUT2D eigenvalue weighted by molar-refractivity contribution is 7.92. The molecule has 8 heteroatoms. The van der Waals surface area contributed by atoms with Crippen LogP contribution in [0.25, 0.3) is 11.4 Å². The van der Waals surface area contributed by atoms with Gasteiger partial charge in [-0.15, -0.1) is 10.2 Å². The van der Waals surface area contributed by atoms with Crippen LogP contribution in [0.2, 0.25) is 0 Å². The van der Waals surface area contributed by atoms with Crippen LogP contribution < -0.4 is 4.72 Å². The van der Waals surface area contributed by atoms with E-state index in [-0.39, 0.29) is 4.90 Å². The zero-order chi connectivity index (χ0) is 15.6. The summed E-state index contributed by atoms with van der Waals surface area (Å²) in [6.45, 7) is 1.90. The van der Waals surface area contributed by atoms with Crippen LogP contribution >= 0.6 is 0 Å². The average molecular weight is 315 g/mol. The predicted molar refractivity (Wildman–Crippen MR) is 81.6 cm³/mol. The summed E-state index contributed by atoms with van der Waals surface area (Å²) in [6.07, 6.45) is 0. The van der Waals surface area contributed by atoms with Gasteiger partial charge in [-0.25, -0.2) is 8.42 Å². The van der Waals surface area contributed by atoms with Crippen LogP contribution in [0.5, 0.6) is 0 Å². The van der Waals surface area contributed by atoms with Crippen LogP contribution in [0, 0.1) is 6.92 Å². The molecular weight excluding hydrogens is 302 g/mol. The van der Waals surface area contributed by atoms with E-state index in [4.69, 9.17) is 0 Å². The number of rotatable bonds is 4. The molecule has 112 valence electrons. The van der Waals surface area contributed by atoms with E-state index in [1.165, 1.54) is 0 Å². The van der Waals surface area contributed by atoms with Crippen LogP contribution in [-0.2, 0) is 10.0 Å². The third kappa shape index (κ3) is 2.96. The molecule has 0 unspecified atom stereocenters. The van der Waals surface area contributed by atoms with Gasteiger partial charge >= 0.3 is 0 Å². The Labute approximate surface area is 127 Å². The lowest BCUT2D eigenvalue weighted by Gasteiger charge is -2.09. The van der Waals surface area contributed by atoms with Crippen molar-refractivity contribution in [1.29, 1.82) is 0 Å². The van der Waals surface area contributed by atoms with E-state index in [9.17, 15) is 8.42 Å². The van der Waals surface area contributed by atoms with Crippen molar-refractivity contribution in [1.82, 2.24) is 20.6 Å². The third-order valence-electron chi connectivity index (χ3n) is 3.05. The molecular formula is C14H13N5O2S. The Morgan fingerprint density at radius 1 is 1.09 bits per heavy atom. The van der Waals surface area contributed by atoms with Crippen molar-refractivity contribution in [2.45, 2.75) is 11.8 Å². The highest BCUT2D eigenvalue weighted by atomic mass is 32.2. The number of aromatic amines is 1. The van der Waals surface area contributed by atoms with E-state index in [0.717, 1.165) is 5.56 Å². The number of aryl methyl sites for hydroxylation is 1. The normalized spacial score (nSPS) is 11.3. The first kappa shape index (κ1) is 14.2. The summed E-state index contributed by atoms with van der Waals surface area (Å²) in [5.41, 5.74) is 2.10. The molecule has 0 amide bonds. The van der Waals surface area contributed by atoms with Gasteiger partial charge in [0.2, 0.25) is 5.82 Å². The highest BCUT2D eigenvalue weighted by Crippen LogP contribution is 2.21. The van der Waals surface area contributed by atoms with Crippen LogP contribution in [0.1, 0.15) is 5.56 Å². The second-order valence-corrected chi connectivity index (χ2v) is 6.42. The SMILES string of the molecule is Cc1ccc(S(=O)(=O)Nc2cccc(-c3nn[nH]n3)c2)cc1. The summed E-state index contributed by atoms with van der Waals surface area (Å²) >= 11 is 0. The van der Waals surface area contributed by atoms with Gasteiger partial charge in [0.15, 0.2) is 0 Å². The molecule has 3 aromatic rings. The second kappa shape index (κ2) is 5.57. The van der Waals surface area contributed by atoms with E-state index in [0.29, 0.717) is 17.1 Å². The first-order valence-corrected chi connectivity index (χ1v) is 7.96. The van der Waals surface area contributed by atoms with Gasteiger partial charge in [0.25, 0.3) is 10.0 Å². The lowest BCUT2D eigenvalue weighted by Crippen LogP contribution is -2.12. The molecule has 3 rings (SSSR count). The van der Waals surface area contributed by atoms with E-state index in [1.807, 2.05) is 6.92 Å². The Hall–Kier alpha value is -2.74. The minimum absolute atomic E-state index is 0.211. The number of sulfonamides is 1. The standard InChI is InChI=1S/C14H13N5O2S/c1-10-5-7-13(8-6-10)22(20,21)17-12-4-2-3-11(9-12)14-15-18-19-16-14/h2-9,17H,1H3,(H,15,16,18,19). The van der Waals surface area contributed by atoms with Crippen molar-refractivity contribution in [3.8, 4) is 11.4 Å². The minimum Gasteiger partial charge on any atom is -0.280 e. The largest absolute Gasteiger partial charge is 0.280 e. The van der Waals surface area contributed by atoms with E-state index in [2.05, 4.69) is 25.3 Å². The molecule has 0 atom stereocenters. The minimum atomic E-state index is -3.63. The van der Waals surface area contributed by atoms with Gasteiger partial charge in [-0.3, -0.25) is 4.72 Å². The van der Waals surface area contributed by atoms with Crippen LogP contribution in [-0.4, -0.2) is 29.0 Å². The first-order valence-electron chi connectivity index (χ1n) is 6.48. The maximum absolute atomic E-state index is 12.3. The molecule has 0 fully saturated rings. The molecule has 7 nitrogen and oxygen atoms in total. The molecule has 0 aliphatic carbocycles. The van der Waals surface area contributed by atoms with Crippen molar-refractivity contribution in [3.63, 3.8) is 0 Å². The Morgan fingerprint density at radius 3 is 2.55 bits per heavy atom. The van der Waals surface area contributed by atoms with Crippen LogP contribution in [0.4, 0.5) is 5.69 Å². The number of aromatic nitrogens is 4. The number of benzene rings is 2. The van der Waals surface area contributed by atoms with E-state index < -0.39 is 10.0 Å². The maximum Gasteiger partial charge on any atom is 0.261 e. The fraction of sp³-hybridized carbons (Fsp3) is 0.0714. The van der Waals surface area contributed by atoms with Crippen molar-refractivity contribution in [2.75, 3.05) is 4.72 Å². The Morgan fingerprint density at radius 2 is 1.86 bits per heavy atom. The van der Waals surface area contributed by atoms with Gasteiger partial charge in [-0.2, -0.15) is 5.21 Å². The summed E-state index contributed by atoms with van der Waals surface area (Å²) in [4.78, 5) is 0.211. The zero-order valence-electron chi connectivity index (χ0n) is 11.7. The molecule has 0 spiro atoms. The summed E-state index contributed by atoms with van der Waals surface area (Å²) in [7, 11) is -3.63. The molecule has 0 aliphatic heterocycles. The number of H-pyrrole nitrogens is 1. The Kier molecular flexibility index (Phi) is 3.60. The van der Waals surface area contributed by atoms with Crippen molar-refractivity contribution in [2.24, 2.45) is 0 Å². The molecule has 0 bridgehead atoms. The monoisotopic (exact) mass is 315 g/mol. The third-order valence-corrected chi connectivity index (χ3v) is 4.45. The predicted octanol–water partition coefficient (Wildman–Crippen LogP) is 1.98. The smallest absolute Gasteiger partial charge is 0.261 e. The molecule has 22 heavy (non-hydrogen) atoms. The summed E-state index contributed by atoms with van der Waals surface area (Å²) in [5, 5.41) is 13.6. The number of hydrogen-bond donors (Lipinski definition) is 2. The molecule has 2 N–H and O–H groups in total. The Bertz CT molecular complexity index is 874. The number of tetrazole rings is 1.